The number of sulfonamides is 1. The summed E-state index contributed by atoms with van der Waals surface area (Å²) >= 11 is 0. The molecule has 0 amide bonds. The van der Waals surface area contributed by atoms with Crippen LogP contribution in [0.1, 0.15) is 31.7 Å². The molecule has 3 rings (SSSR count). The van der Waals surface area contributed by atoms with Crippen LogP contribution in [0.3, 0.4) is 0 Å². The molecule has 2 N–H and O–H groups in total. The largest absolute Gasteiger partial charge is 0.396 e. The van der Waals surface area contributed by atoms with Crippen LogP contribution in [0.25, 0.3) is 5.69 Å². The van der Waals surface area contributed by atoms with Gasteiger partial charge in [0.25, 0.3) is 0 Å². The predicted octanol–water partition coefficient (Wildman–Crippen LogP) is 2.01. The molecule has 2 aromatic rings. The Morgan fingerprint density at radius 1 is 1.38 bits per heavy atom. The summed E-state index contributed by atoms with van der Waals surface area (Å²) in [6, 6.07) is 7.44. The Morgan fingerprint density at radius 2 is 2.08 bits per heavy atom. The van der Waals surface area contributed by atoms with Gasteiger partial charge >= 0.3 is 0 Å². The lowest BCUT2D eigenvalue weighted by Gasteiger charge is -2.29. The van der Waals surface area contributed by atoms with E-state index in [0.29, 0.717) is 0 Å². The first-order chi connectivity index (χ1) is 11.3. The summed E-state index contributed by atoms with van der Waals surface area (Å²) in [6.07, 6.45) is 5.33. The van der Waals surface area contributed by atoms with E-state index in [0.717, 1.165) is 30.5 Å². The van der Waals surface area contributed by atoms with Crippen molar-refractivity contribution in [1.82, 2.24) is 14.5 Å². The summed E-state index contributed by atoms with van der Waals surface area (Å²) in [5, 5.41) is 13.7. The number of aryl methyl sites for hydroxylation is 1. The van der Waals surface area contributed by atoms with E-state index in [1.54, 1.807) is 4.68 Å². The van der Waals surface area contributed by atoms with E-state index >= 15 is 0 Å². The quantitative estimate of drug-likeness (QED) is 0.865. The monoisotopic (exact) mass is 349 g/mol. The molecule has 7 heteroatoms. The average Bonchev–Trinajstić information content (AvgIpc) is 3.17. The van der Waals surface area contributed by atoms with Crippen LogP contribution in [0.2, 0.25) is 0 Å². The van der Waals surface area contributed by atoms with Crippen molar-refractivity contribution in [2.24, 2.45) is 5.41 Å². The van der Waals surface area contributed by atoms with Crippen LogP contribution in [0, 0.1) is 12.3 Å². The zero-order chi connectivity index (χ0) is 17.4. The molecule has 0 aliphatic heterocycles. The maximum Gasteiger partial charge on any atom is 0.243 e. The highest BCUT2D eigenvalue weighted by Gasteiger charge is 2.40. The number of nitrogens with zero attached hydrogens (tertiary/aromatic N) is 2. The second-order valence-corrected chi connectivity index (χ2v) is 8.55. The molecule has 1 aliphatic rings. The van der Waals surface area contributed by atoms with E-state index in [9.17, 15) is 13.5 Å². The van der Waals surface area contributed by atoms with Gasteiger partial charge < -0.3 is 5.11 Å². The lowest BCUT2D eigenvalue weighted by Crippen LogP contribution is -2.44. The highest BCUT2D eigenvalue weighted by Crippen LogP contribution is 2.38. The van der Waals surface area contributed by atoms with Crippen LogP contribution in [-0.4, -0.2) is 36.0 Å². The van der Waals surface area contributed by atoms with Gasteiger partial charge in [-0.1, -0.05) is 31.0 Å². The first kappa shape index (κ1) is 17.1. The predicted molar refractivity (Wildman–Crippen MR) is 91.5 cm³/mol. The lowest BCUT2D eigenvalue weighted by molar-refractivity contribution is 0.127. The Labute approximate surface area is 142 Å². The summed E-state index contributed by atoms with van der Waals surface area (Å²) in [5.41, 5.74) is 1.54. The van der Waals surface area contributed by atoms with Gasteiger partial charge in [-0.3, -0.25) is 0 Å². The van der Waals surface area contributed by atoms with Crippen LogP contribution >= 0.6 is 0 Å². The average molecular weight is 349 g/mol. The number of hydrogen-bond acceptors (Lipinski definition) is 4. The molecule has 1 saturated carbocycles. The third kappa shape index (κ3) is 3.24. The van der Waals surface area contributed by atoms with Gasteiger partial charge in [-0.05, 0) is 31.9 Å². The molecule has 1 aromatic heterocycles. The molecular formula is C17H23N3O3S. The minimum Gasteiger partial charge on any atom is -0.396 e. The van der Waals surface area contributed by atoms with Crippen LogP contribution in [0.4, 0.5) is 0 Å². The van der Waals surface area contributed by atoms with E-state index in [1.807, 2.05) is 38.1 Å². The van der Waals surface area contributed by atoms with Crippen molar-refractivity contribution < 1.29 is 13.5 Å². The number of aliphatic hydroxyl groups excluding tert-OH is 1. The van der Waals surface area contributed by atoms with Crippen LogP contribution in [0.5, 0.6) is 0 Å². The van der Waals surface area contributed by atoms with E-state index in [-0.39, 0.29) is 17.5 Å². The standard InChI is InChI=1S/C17H23N3O3S/c1-13-5-7-14(8-6-13)20-11-15(10-18-20)24(22,23)19-16-4-3-9-17(16,2)12-21/h5-8,10-11,16,19,21H,3-4,9,12H2,1-2H3. The van der Waals surface area contributed by atoms with Crippen molar-refractivity contribution in [2.45, 2.75) is 44.0 Å². The van der Waals surface area contributed by atoms with Crippen molar-refractivity contribution >= 4 is 10.0 Å². The zero-order valence-electron chi connectivity index (χ0n) is 13.9. The van der Waals surface area contributed by atoms with E-state index in [4.69, 9.17) is 0 Å². The molecule has 0 spiro atoms. The molecule has 0 bridgehead atoms. The Hall–Kier alpha value is -1.70. The van der Waals surface area contributed by atoms with Crippen molar-refractivity contribution in [2.75, 3.05) is 6.61 Å². The number of aromatic nitrogens is 2. The van der Waals surface area contributed by atoms with Gasteiger partial charge in [0.1, 0.15) is 4.90 Å². The van der Waals surface area contributed by atoms with Gasteiger partial charge in [0.05, 0.1) is 18.1 Å². The molecule has 2 unspecified atom stereocenters. The summed E-state index contributed by atoms with van der Waals surface area (Å²) in [5.74, 6) is 0. The molecular weight excluding hydrogens is 326 g/mol. The number of nitrogens with one attached hydrogen (secondary N) is 1. The number of hydrogen-bond donors (Lipinski definition) is 2. The van der Waals surface area contributed by atoms with Crippen LogP contribution in [-0.2, 0) is 10.0 Å². The fourth-order valence-corrected chi connectivity index (χ4v) is 4.50. The normalized spacial score (nSPS) is 24.4. The molecule has 1 aliphatic carbocycles. The Morgan fingerprint density at radius 3 is 2.75 bits per heavy atom. The fourth-order valence-electron chi connectivity index (χ4n) is 3.16. The summed E-state index contributed by atoms with van der Waals surface area (Å²) < 4.78 is 29.6. The second kappa shape index (κ2) is 6.31. The van der Waals surface area contributed by atoms with Gasteiger partial charge in [0.2, 0.25) is 10.0 Å². The third-order valence-corrected chi connectivity index (χ3v) is 6.33. The molecule has 1 heterocycles. The molecule has 24 heavy (non-hydrogen) atoms. The molecule has 0 saturated heterocycles. The van der Waals surface area contributed by atoms with Gasteiger partial charge in [0.15, 0.2) is 0 Å². The van der Waals surface area contributed by atoms with Gasteiger partial charge in [0, 0.05) is 18.1 Å². The van der Waals surface area contributed by atoms with E-state index in [1.165, 1.54) is 12.4 Å². The smallest absolute Gasteiger partial charge is 0.243 e. The molecule has 2 atom stereocenters. The Bertz CT molecular complexity index is 814. The maximum absolute atomic E-state index is 12.6. The second-order valence-electron chi connectivity index (χ2n) is 6.83. The first-order valence-electron chi connectivity index (χ1n) is 8.09. The first-order valence-corrected chi connectivity index (χ1v) is 9.57. The lowest BCUT2D eigenvalue weighted by atomic mass is 9.86. The zero-order valence-corrected chi connectivity index (χ0v) is 14.8. The van der Waals surface area contributed by atoms with Crippen molar-refractivity contribution in [3.05, 3.63) is 42.2 Å². The molecule has 130 valence electrons. The summed E-state index contributed by atoms with van der Waals surface area (Å²) in [4.78, 5) is 0.135. The van der Waals surface area contributed by atoms with Crippen LogP contribution in [0.15, 0.2) is 41.6 Å². The topological polar surface area (TPSA) is 84.2 Å². The van der Waals surface area contributed by atoms with Gasteiger partial charge in [-0.25, -0.2) is 17.8 Å². The number of benzene rings is 1. The van der Waals surface area contributed by atoms with Gasteiger partial charge in [-0.15, -0.1) is 0 Å². The van der Waals surface area contributed by atoms with Gasteiger partial charge in [-0.2, -0.15) is 5.10 Å². The fraction of sp³-hybridized carbons (Fsp3) is 0.471. The van der Waals surface area contributed by atoms with Crippen LogP contribution < -0.4 is 4.72 Å². The molecule has 1 aromatic carbocycles. The SMILES string of the molecule is Cc1ccc(-n2cc(S(=O)(=O)NC3CCCC3(C)CO)cn2)cc1. The maximum atomic E-state index is 12.6. The van der Waals surface area contributed by atoms with Crippen molar-refractivity contribution in [3.8, 4) is 5.69 Å². The van der Waals surface area contributed by atoms with Crippen molar-refractivity contribution in [3.63, 3.8) is 0 Å². The minimum absolute atomic E-state index is 0.0250. The Balaban J connectivity index is 1.82. The van der Waals surface area contributed by atoms with Crippen molar-refractivity contribution in [1.29, 1.82) is 0 Å². The molecule has 1 fully saturated rings. The third-order valence-electron chi connectivity index (χ3n) is 4.91. The molecule has 6 nitrogen and oxygen atoms in total. The highest BCUT2D eigenvalue weighted by molar-refractivity contribution is 7.89. The minimum atomic E-state index is -3.66. The number of aliphatic hydroxyl groups is 1. The van der Waals surface area contributed by atoms with E-state index < -0.39 is 15.4 Å². The van der Waals surface area contributed by atoms with E-state index in [2.05, 4.69) is 9.82 Å². The highest BCUT2D eigenvalue weighted by atomic mass is 32.2. The Kier molecular flexibility index (Phi) is 4.50. The molecule has 0 radical (unpaired) electrons. The summed E-state index contributed by atoms with van der Waals surface area (Å²) in [6.45, 7) is 3.89. The number of rotatable bonds is 5. The summed E-state index contributed by atoms with van der Waals surface area (Å²) in [7, 11) is -3.66.